The minimum atomic E-state index is -0.398. The van der Waals surface area contributed by atoms with Crippen molar-refractivity contribution in [2.45, 2.75) is 25.5 Å². The number of thiazole rings is 1. The van der Waals surface area contributed by atoms with E-state index in [1.807, 2.05) is 18.2 Å². The van der Waals surface area contributed by atoms with Gasteiger partial charge in [-0.15, -0.1) is 11.3 Å². The predicted molar refractivity (Wildman–Crippen MR) is 104 cm³/mol. The van der Waals surface area contributed by atoms with Crippen LogP contribution in [-0.4, -0.2) is 16.9 Å². The summed E-state index contributed by atoms with van der Waals surface area (Å²) in [4.78, 5) is 16.5. The molecule has 27 heavy (non-hydrogen) atoms. The molecule has 0 unspecified atom stereocenters. The molecule has 1 aliphatic rings. The molecule has 1 saturated carbocycles. The topological polar surface area (TPSA) is 51.2 Å². The summed E-state index contributed by atoms with van der Waals surface area (Å²) >= 11 is 7.43. The smallest absolute Gasteiger partial charge is 0.270 e. The standard InChI is InChI=1S/C20H16ClFN2O2S/c21-16-5-2-6-17(22)15(16)10-26-14-4-1-3-12(9-14)20-24-18(11-27-20)19(25)23-13-7-8-13/h1-6,9,11,13H,7-8,10H2,(H,23,25). The molecule has 0 radical (unpaired) electrons. The van der Waals surface area contributed by atoms with Crippen LogP contribution in [0.4, 0.5) is 4.39 Å². The number of amides is 1. The van der Waals surface area contributed by atoms with E-state index in [0.717, 1.165) is 23.4 Å². The molecule has 0 bridgehead atoms. The number of carbonyl (C=O) groups excluding carboxylic acids is 1. The Morgan fingerprint density at radius 2 is 2.11 bits per heavy atom. The van der Waals surface area contributed by atoms with Crippen LogP contribution in [0.3, 0.4) is 0 Å². The van der Waals surface area contributed by atoms with Crippen molar-refractivity contribution in [1.82, 2.24) is 10.3 Å². The molecule has 7 heteroatoms. The molecule has 0 spiro atoms. The van der Waals surface area contributed by atoms with Crippen LogP contribution >= 0.6 is 22.9 Å². The van der Waals surface area contributed by atoms with Crippen molar-refractivity contribution in [2.75, 3.05) is 0 Å². The third-order valence-electron chi connectivity index (χ3n) is 4.18. The predicted octanol–water partition coefficient (Wildman–Crippen LogP) is 5.07. The highest BCUT2D eigenvalue weighted by atomic mass is 35.5. The van der Waals surface area contributed by atoms with E-state index in [1.54, 1.807) is 23.6 Å². The summed E-state index contributed by atoms with van der Waals surface area (Å²) in [7, 11) is 0. The van der Waals surface area contributed by atoms with Crippen LogP contribution in [0.15, 0.2) is 47.8 Å². The normalized spacial score (nSPS) is 13.4. The summed E-state index contributed by atoms with van der Waals surface area (Å²) in [6.45, 7) is 0.0296. The van der Waals surface area contributed by atoms with Gasteiger partial charge in [-0.2, -0.15) is 0 Å². The molecule has 138 valence electrons. The molecule has 0 atom stereocenters. The highest BCUT2D eigenvalue weighted by molar-refractivity contribution is 7.13. The van der Waals surface area contributed by atoms with E-state index in [0.29, 0.717) is 28.1 Å². The van der Waals surface area contributed by atoms with Crippen LogP contribution in [0, 0.1) is 5.82 Å². The summed E-state index contributed by atoms with van der Waals surface area (Å²) in [6.07, 6.45) is 2.07. The average Bonchev–Trinajstić information content (AvgIpc) is 3.33. The molecule has 0 aliphatic heterocycles. The first-order valence-electron chi connectivity index (χ1n) is 8.52. The Morgan fingerprint density at radius 3 is 2.89 bits per heavy atom. The van der Waals surface area contributed by atoms with Crippen LogP contribution < -0.4 is 10.1 Å². The van der Waals surface area contributed by atoms with Crippen molar-refractivity contribution in [3.63, 3.8) is 0 Å². The maximum atomic E-state index is 13.9. The van der Waals surface area contributed by atoms with Gasteiger partial charge in [0.1, 0.15) is 28.9 Å². The molecule has 0 saturated heterocycles. The van der Waals surface area contributed by atoms with Crippen molar-refractivity contribution in [2.24, 2.45) is 0 Å². The summed E-state index contributed by atoms with van der Waals surface area (Å²) in [6, 6.07) is 12.2. The van der Waals surface area contributed by atoms with Gasteiger partial charge in [-0.25, -0.2) is 9.37 Å². The van der Waals surface area contributed by atoms with Gasteiger partial charge in [0.25, 0.3) is 5.91 Å². The molecule has 1 heterocycles. The van der Waals surface area contributed by atoms with Crippen LogP contribution in [0.5, 0.6) is 5.75 Å². The molecule has 1 aromatic heterocycles. The van der Waals surface area contributed by atoms with Crippen molar-refractivity contribution in [3.05, 3.63) is 69.9 Å². The van der Waals surface area contributed by atoms with Gasteiger partial charge in [0.05, 0.1) is 5.02 Å². The van der Waals surface area contributed by atoms with Crippen LogP contribution in [-0.2, 0) is 6.61 Å². The van der Waals surface area contributed by atoms with Gasteiger partial charge in [-0.1, -0.05) is 29.8 Å². The Kier molecular flexibility index (Phi) is 5.09. The lowest BCUT2D eigenvalue weighted by molar-refractivity contribution is 0.0947. The summed E-state index contributed by atoms with van der Waals surface area (Å²) in [5.41, 5.74) is 1.58. The van der Waals surface area contributed by atoms with Gasteiger partial charge in [0.2, 0.25) is 0 Å². The zero-order chi connectivity index (χ0) is 18.8. The SMILES string of the molecule is O=C(NC1CC1)c1csc(-c2cccc(OCc3c(F)cccc3Cl)c2)n1. The third-order valence-corrected chi connectivity index (χ3v) is 5.42. The number of nitrogens with one attached hydrogen (secondary N) is 1. The van der Waals surface area contributed by atoms with E-state index in [-0.39, 0.29) is 12.5 Å². The largest absolute Gasteiger partial charge is 0.489 e. The van der Waals surface area contributed by atoms with Gasteiger partial charge >= 0.3 is 0 Å². The quantitative estimate of drug-likeness (QED) is 0.626. The fourth-order valence-corrected chi connectivity index (χ4v) is 3.56. The number of ether oxygens (including phenoxy) is 1. The molecule has 3 aromatic rings. The zero-order valence-electron chi connectivity index (χ0n) is 14.2. The van der Waals surface area contributed by atoms with Crippen molar-refractivity contribution < 1.29 is 13.9 Å². The van der Waals surface area contributed by atoms with E-state index < -0.39 is 5.82 Å². The Labute approximate surface area is 165 Å². The van der Waals surface area contributed by atoms with Crippen LogP contribution in [0.25, 0.3) is 10.6 Å². The Morgan fingerprint density at radius 1 is 1.30 bits per heavy atom. The van der Waals surface area contributed by atoms with Gasteiger partial charge < -0.3 is 10.1 Å². The van der Waals surface area contributed by atoms with Gasteiger partial charge in [-0.3, -0.25) is 4.79 Å². The lowest BCUT2D eigenvalue weighted by Gasteiger charge is -2.09. The maximum Gasteiger partial charge on any atom is 0.270 e. The van der Waals surface area contributed by atoms with E-state index in [2.05, 4.69) is 10.3 Å². The maximum absolute atomic E-state index is 13.9. The Hall–Kier alpha value is -2.44. The number of benzene rings is 2. The van der Waals surface area contributed by atoms with Gasteiger partial charge in [-0.05, 0) is 37.1 Å². The summed E-state index contributed by atoms with van der Waals surface area (Å²) in [5, 5.41) is 5.74. The molecular formula is C20H16ClFN2O2S. The van der Waals surface area contributed by atoms with Gasteiger partial charge in [0.15, 0.2) is 0 Å². The van der Waals surface area contributed by atoms with Crippen molar-refractivity contribution >= 4 is 28.8 Å². The third kappa shape index (κ3) is 4.28. The minimum absolute atomic E-state index is 0.0296. The number of hydrogen-bond donors (Lipinski definition) is 1. The highest BCUT2D eigenvalue weighted by Gasteiger charge is 2.24. The van der Waals surface area contributed by atoms with E-state index in [9.17, 15) is 9.18 Å². The fraction of sp³-hybridized carbons (Fsp3) is 0.200. The van der Waals surface area contributed by atoms with Gasteiger partial charge in [0, 0.05) is 22.5 Å². The lowest BCUT2D eigenvalue weighted by Crippen LogP contribution is -2.25. The van der Waals surface area contributed by atoms with Crippen molar-refractivity contribution in [1.29, 1.82) is 0 Å². The number of nitrogens with zero attached hydrogens (tertiary/aromatic N) is 1. The van der Waals surface area contributed by atoms with Crippen LogP contribution in [0.1, 0.15) is 28.9 Å². The second-order valence-electron chi connectivity index (χ2n) is 6.30. The van der Waals surface area contributed by atoms with Crippen LogP contribution in [0.2, 0.25) is 5.02 Å². The monoisotopic (exact) mass is 402 g/mol. The molecule has 2 aromatic carbocycles. The fourth-order valence-electron chi connectivity index (χ4n) is 2.54. The molecule has 1 amide bonds. The number of aromatic nitrogens is 1. The number of rotatable bonds is 6. The van der Waals surface area contributed by atoms with E-state index >= 15 is 0 Å². The molecule has 4 nitrogen and oxygen atoms in total. The number of halogens is 2. The zero-order valence-corrected chi connectivity index (χ0v) is 15.8. The van der Waals surface area contributed by atoms with Crippen molar-refractivity contribution in [3.8, 4) is 16.3 Å². The number of carbonyl (C=O) groups is 1. The first kappa shape index (κ1) is 17.9. The molecule has 1 fully saturated rings. The first-order valence-corrected chi connectivity index (χ1v) is 9.78. The summed E-state index contributed by atoms with van der Waals surface area (Å²) in [5.74, 6) is 0.0393. The average molecular weight is 403 g/mol. The Bertz CT molecular complexity index is 967. The minimum Gasteiger partial charge on any atom is -0.489 e. The van der Waals surface area contributed by atoms with E-state index in [1.165, 1.54) is 17.4 Å². The lowest BCUT2D eigenvalue weighted by atomic mass is 10.2. The first-order chi connectivity index (χ1) is 13.1. The summed E-state index contributed by atoms with van der Waals surface area (Å²) < 4.78 is 19.6. The molecule has 1 aliphatic carbocycles. The highest BCUT2D eigenvalue weighted by Crippen LogP contribution is 2.28. The molecule has 1 N–H and O–H groups in total. The molecular weight excluding hydrogens is 387 g/mol. The second kappa shape index (κ2) is 7.66. The Balaban J connectivity index is 1.47. The second-order valence-corrected chi connectivity index (χ2v) is 7.57. The number of hydrogen-bond acceptors (Lipinski definition) is 4. The van der Waals surface area contributed by atoms with E-state index in [4.69, 9.17) is 16.3 Å². The molecule has 4 rings (SSSR count).